The highest BCUT2D eigenvalue weighted by Gasteiger charge is 1.97. The fourth-order valence-electron chi connectivity index (χ4n) is 1.10. The molecule has 0 bridgehead atoms. The van der Waals surface area contributed by atoms with Gasteiger partial charge in [-0.3, -0.25) is 4.98 Å². The Morgan fingerprint density at radius 3 is 2.75 bits per heavy atom. The zero-order valence-corrected chi connectivity index (χ0v) is 8.04. The van der Waals surface area contributed by atoms with Crippen LogP contribution in [0.4, 0.5) is 0 Å². The molecule has 1 rings (SSSR count). The maximum Gasteiger partial charge on any atom is 0.0302 e. The van der Waals surface area contributed by atoms with Crippen LogP contribution in [0.25, 0.3) is 0 Å². The Balaban J connectivity index is 2.57. The van der Waals surface area contributed by atoms with Crippen molar-refractivity contribution in [3.8, 4) is 0 Å². The molecule has 0 aliphatic heterocycles. The molecule has 0 amide bonds. The molecule has 1 heterocycles. The first-order valence-electron chi connectivity index (χ1n) is 4.24. The lowest BCUT2D eigenvalue weighted by atomic mass is 10.1. The van der Waals surface area contributed by atoms with Crippen LogP contribution in [0.1, 0.15) is 11.1 Å². The first kappa shape index (κ1) is 9.20. The van der Waals surface area contributed by atoms with E-state index < -0.39 is 0 Å². The molecule has 0 atom stereocenters. The van der Waals surface area contributed by atoms with Crippen molar-refractivity contribution in [2.75, 3.05) is 20.6 Å². The molecule has 0 aliphatic carbocycles. The van der Waals surface area contributed by atoms with Gasteiger partial charge < -0.3 is 4.90 Å². The van der Waals surface area contributed by atoms with Gasteiger partial charge in [0, 0.05) is 18.9 Å². The molecule has 0 aromatic carbocycles. The zero-order chi connectivity index (χ0) is 8.97. The third-order valence-electron chi connectivity index (χ3n) is 1.98. The molecule has 0 fully saturated rings. The van der Waals surface area contributed by atoms with E-state index in [1.165, 1.54) is 11.1 Å². The van der Waals surface area contributed by atoms with Crippen molar-refractivity contribution < 1.29 is 0 Å². The van der Waals surface area contributed by atoms with Gasteiger partial charge in [0.15, 0.2) is 0 Å². The Labute approximate surface area is 74.2 Å². The molecule has 12 heavy (non-hydrogen) atoms. The average Bonchev–Trinajstić information content (AvgIpc) is 2.03. The standard InChI is InChI=1S/C10H16N2/c1-9-4-6-11-8-10(9)5-7-12(2)3/h4,6,8H,5,7H2,1-3H3. The summed E-state index contributed by atoms with van der Waals surface area (Å²) >= 11 is 0. The lowest BCUT2D eigenvalue weighted by Crippen LogP contribution is -2.15. The molecule has 0 saturated heterocycles. The Morgan fingerprint density at radius 2 is 2.17 bits per heavy atom. The SMILES string of the molecule is Cc1ccncc1CCN(C)C. The number of rotatable bonds is 3. The second kappa shape index (κ2) is 4.21. The molecule has 2 nitrogen and oxygen atoms in total. The van der Waals surface area contributed by atoms with Gasteiger partial charge >= 0.3 is 0 Å². The third-order valence-corrected chi connectivity index (χ3v) is 1.98. The first-order chi connectivity index (χ1) is 5.70. The smallest absolute Gasteiger partial charge is 0.0302 e. The minimum atomic E-state index is 1.09. The fourth-order valence-corrected chi connectivity index (χ4v) is 1.10. The molecule has 0 N–H and O–H groups in total. The van der Waals surface area contributed by atoms with Crippen molar-refractivity contribution in [1.82, 2.24) is 9.88 Å². The molecule has 2 heteroatoms. The number of aryl methyl sites for hydroxylation is 1. The number of pyridine rings is 1. The summed E-state index contributed by atoms with van der Waals surface area (Å²) in [4.78, 5) is 6.29. The molecule has 66 valence electrons. The van der Waals surface area contributed by atoms with Gasteiger partial charge in [-0.25, -0.2) is 0 Å². The summed E-state index contributed by atoms with van der Waals surface area (Å²) in [7, 11) is 4.18. The topological polar surface area (TPSA) is 16.1 Å². The van der Waals surface area contributed by atoms with Crippen molar-refractivity contribution >= 4 is 0 Å². The normalized spacial score (nSPS) is 10.7. The minimum Gasteiger partial charge on any atom is -0.309 e. The van der Waals surface area contributed by atoms with E-state index in [1.807, 2.05) is 12.4 Å². The van der Waals surface area contributed by atoms with Crippen LogP contribution in [0, 0.1) is 6.92 Å². The Hall–Kier alpha value is -0.890. The summed E-state index contributed by atoms with van der Waals surface area (Å²) in [5.41, 5.74) is 2.69. The molecule has 0 radical (unpaired) electrons. The van der Waals surface area contributed by atoms with Crippen molar-refractivity contribution in [2.24, 2.45) is 0 Å². The van der Waals surface area contributed by atoms with E-state index in [-0.39, 0.29) is 0 Å². The Bertz CT molecular complexity index is 243. The quantitative estimate of drug-likeness (QED) is 0.673. The van der Waals surface area contributed by atoms with E-state index in [1.54, 1.807) is 0 Å². The van der Waals surface area contributed by atoms with Crippen LogP contribution in [0.5, 0.6) is 0 Å². The van der Waals surface area contributed by atoms with Gasteiger partial charge in [0.25, 0.3) is 0 Å². The summed E-state index contributed by atoms with van der Waals surface area (Å²) in [5, 5.41) is 0. The van der Waals surface area contributed by atoms with Crippen molar-refractivity contribution in [2.45, 2.75) is 13.3 Å². The molecule has 0 saturated carbocycles. The van der Waals surface area contributed by atoms with E-state index >= 15 is 0 Å². The monoisotopic (exact) mass is 164 g/mol. The third kappa shape index (κ3) is 2.62. The number of hydrogen-bond acceptors (Lipinski definition) is 2. The molecule has 1 aromatic heterocycles. The van der Waals surface area contributed by atoms with E-state index in [0.717, 1.165) is 13.0 Å². The molecular formula is C10H16N2. The first-order valence-corrected chi connectivity index (χ1v) is 4.24. The number of aromatic nitrogens is 1. The predicted molar refractivity (Wildman–Crippen MR) is 51.2 cm³/mol. The highest BCUT2D eigenvalue weighted by atomic mass is 15.0. The summed E-state index contributed by atoms with van der Waals surface area (Å²) in [6, 6.07) is 2.06. The molecular weight excluding hydrogens is 148 g/mol. The molecule has 0 unspecified atom stereocenters. The van der Waals surface area contributed by atoms with Crippen LogP contribution in [0.15, 0.2) is 18.5 Å². The highest BCUT2D eigenvalue weighted by Crippen LogP contribution is 2.05. The minimum absolute atomic E-state index is 1.09. The zero-order valence-electron chi connectivity index (χ0n) is 8.04. The van der Waals surface area contributed by atoms with Crippen molar-refractivity contribution in [3.05, 3.63) is 29.6 Å². The number of likely N-dealkylation sites (N-methyl/N-ethyl adjacent to an activating group) is 1. The van der Waals surface area contributed by atoms with Crippen LogP contribution in [0.2, 0.25) is 0 Å². The van der Waals surface area contributed by atoms with Crippen molar-refractivity contribution in [1.29, 1.82) is 0 Å². The van der Waals surface area contributed by atoms with Gasteiger partial charge in [0.1, 0.15) is 0 Å². The Kier molecular flexibility index (Phi) is 3.23. The van der Waals surface area contributed by atoms with Crippen LogP contribution in [0.3, 0.4) is 0 Å². The number of hydrogen-bond donors (Lipinski definition) is 0. The summed E-state index contributed by atoms with van der Waals surface area (Å²) in [6.45, 7) is 3.22. The van der Waals surface area contributed by atoms with E-state index in [0.29, 0.717) is 0 Å². The van der Waals surface area contributed by atoms with E-state index in [4.69, 9.17) is 0 Å². The van der Waals surface area contributed by atoms with Gasteiger partial charge in [0.05, 0.1) is 0 Å². The highest BCUT2D eigenvalue weighted by molar-refractivity contribution is 5.21. The molecule has 0 spiro atoms. The van der Waals surface area contributed by atoms with E-state index in [2.05, 4.69) is 37.0 Å². The second-order valence-electron chi connectivity index (χ2n) is 3.36. The van der Waals surface area contributed by atoms with Crippen LogP contribution in [-0.4, -0.2) is 30.5 Å². The van der Waals surface area contributed by atoms with Gasteiger partial charge in [-0.2, -0.15) is 0 Å². The van der Waals surface area contributed by atoms with Crippen LogP contribution in [-0.2, 0) is 6.42 Å². The molecule has 1 aromatic rings. The van der Waals surface area contributed by atoms with Gasteiger partial charge in [0.2, 0.25) is 0 Å². The Morgan fingerprint density at radius 1 is 1.42 bits per heavy atom. The summed E-state index contributed by atoms with van der Waals surface area (Å²) < 4.78 is 0. The maximum absolute atomic E-state index is 4.10. The lowest BCUT2D eigenvalue weighted by molar-refractivity contribution is 0.413. The van der Waals surface area contributed by atoms with E-state index in [9.17, 15) is 0 Å². The number of nitrogens with zero attached hydrogens (tertiary/aromatic N) is 2. The largest absolute Gasteiger partial charge is 0.309 e. The van der Waals surface area contributed by atoms with Crippen molar-refractivity contribution in [3.63, 3.8) is 0 Å². The lowest BCUT2D eigenvalue weighted by Gasteiger charge is -2.10. The average molecular weight is 164 g/mol. The molecule has 0 aliphatic rings. The van der Waals surface area contributed by atoms with Crippen LogP contribution < -0.4 is 0 Å². The second-order valence-corrected chi connectivity index (χ2v) is 3.36. The van der Waals surface area contributed by atoms with Gasteiger partial charge in [-0.05, 0) is 44.6 Å². The maximum atomic E-state index is 4.10. The summed E-state index contributed by atoms with van der Waals surface area (Å²) in [6.07, 6.45) is 4.89. The van der Waals surface area contributed by atoms with Gasteiger partial charge in [-0.1, -0.05) is 0 Å². The summed E-state index contributed by atoms with van der Waals surface area (Å²) in [5.74, 6) is 0. The van der Waals surface area contributed by atoms with Crippen LogP contribution >= 0.6 is 0 Å². The predicted octanol–water partition coefficient (Wildman–Crippen LogP) is 1.49. The van der Waals surface area contributed by atoms with Gasteiger partial charge in [-0.15, -0.1) is 0 Å². The fraction of sp³-hybridized carbons (Fsp3) is 0.500.